The number of carbonyl (C=O) groups is 2. The molecular weight excluding hydrogens is 292 g/mol. The number of amides is 2. The molecular formula is C18H24N2O3. The molecule has 2 fully saturated rings. The first-order chi connectivity index (χ1) is 11.1. The van der Waals surface area contributed by atoms with Crippen molar-refractivity contribution >= 4 is 11.8 Å². The maximum atomic E-state index is 12.6. The molecule has 1 saturated carbocycles. The van der Waals surface area contributed by atoms with Gasteiger partial charge in [0.2, 0.25) is 5.91 Å². The molecule has 1 aliphatic carbocycles. The summed E-state index contributed by atoms with van der Waals surface area (Å²) >= 11 is 0. The van der Waals surface area contributed by atoms with Crippen LogP contribution in [0.5, 0.6) is 0 Å². The van der Waals surface area contributed by atoms with Gasteiger partial charge in [-0.2, -0.15) is 0 Å². The minimum absolute atomic E-state index is 0.0413. The molecule has 2 atom stereocenters. The number of nitrogens with zero attached hydrogens (tertiary/aromatic N) is 1. The van der Waals surface area contributed by atoms with Crippen LogP contribution in [0.4, 0.5) is 0 Å². The van der Waals surface area contributed by atoms with Crippen LogP contribution in [0.25, 0.3) is 0 Å². The average Bonchev–Trinajstić information content (AvgIpc) is 2.49. The molecule has 0 radical (unpaired) electrons. The zero-order valence-corrected chi connectivity index (χ0v) is 13.7. The Bertz CT molecular complexity index is 598. The molecule has 124 valence electrons. The van der Waals surface area contributed by atoms with Crippen molar-refractivity contribution in [1.82, 2.24) is 10.2 Å². The van der Waals surface area contributed by atoms with Crippen LogP contribution in [0.2, 0.25) is 0 Å². The van der Waals surface area contributed by atoms with Crippen LogP contribution in [0.3, 0.4) is 0 Å². The van der Waals surface area contributed by atoms with Crippen molar-refractivity contribution in [3.05, 3.63) is 35.4 Å². The minimum Gasteiger partial charge on any atom is -0.356 e. The number of nitrogens with one attached hydrogen (secondary N) is 1. The SMILES string of the molecule is Cc1ccccc1[C@@H]1[C@@H](C(=O)NCC2CCC2)OCC(=O)N1C. The summed E-state index contributed by atoms with van der Waals surface area (Å²) in [4.78, 5) is 26.3. The summed E-state index contributed by atoms with van der Waals surface area (Å²) < 4.78 is 5.63. The van der Waals surface area contributed by atoms with Gasteiger partial charge in [0.05, 0.1) is 6.04 Å². The summed E-state index contributed by atoms with van der Waals surface area (Å²) in [6, 6.07) is 7.46. The molecule has 2 aliphatic rings. The highest BCUT2D eigenvalue weighted by atomic mass is 16.5. The number of ether oxygens (including phenoxy) is 1. The highest BCUT2D eigenvalue weighted by molar-refractivity contribution is 5.86. The van der Waals surface area contributed by atoms with Gasteiger partial charge in [0.1, 0.15) is 6.61 Å². The van der Waals surface area contributed by atoms with Crippen molar-refractivity contribution in [3.63, 3.8) is 0 Å². The molecule has 0 aromatic heterocycles. The number of likely N-dealkylation sites (N-methyl/N-ethyl adjacent to an activating group) is 1. The van der Waals surface area contributed by atoms with Crippen LogP contribution < -0.4 is 5.32 Å². The van der Waals surface area contributed by atoms with Crippen molar-refractivity contribution in [3.8, 4) is 0 Å². The lowest BCUT2D eigenvalue weighted by Gasteiger charge is -2.39. The second-order valence-corrected chi connectivity index (χ2v) is 6.58. The highest BCUT2D eigenvalue weighted by Crippen LogP contribution is 2.31. The van der Waals surface area contributed by atoms with Gasteiger partial charge < -0.3 is 15.0 Å². The van der Waals surface area contributed by atoms with Crippen molar-refractivity contribution < 1.29 is 14.3 Å². The van der Waals surface area contributed by atoms with E-state index in [0.717, 1.165) is 11.1 Å². The van der Waals surface area contributed by atoms with E-state index in [1.807, 2.05) is 31.2 Å². The van der Waals surface area contributed by atoms with E-state index >= 15 is 0 Å². The van der Waals surface area contributed by atoms with E-state index in [1.54, 1.807) is 11.9 Å². The lowest BCUT2D eigenvalue weighted by molar-refractivity contribution is -0.162. The number of hydrogen-bond acceptors (Lipinski definition) is 3. The molecule has 3 rings (SSSR count). The van der Waals surface area contributed by atoms with E-state index in [9.17, 15) is 9.59 Å². The standard InChI is InChI=1S/C18H24N2O3/c1-12-6-3-4-9-14(12)16-17(23-11-15(21)20(16)2)18(22)19-10-13-7-5-8-13/h3-4,6,9,13,16-17H,5,7-8,10-11H2,1-2H3,(H,19,22)/t16-,17+/m1/s1. The average molecular weight is 316 g/mol. The van der Waals surface area contributed by atoms with Crippen molar-refractivity contribution in [2.24, 2.45) is 5.92 Å². The third-order valence-corrected chi connectivity index (χ3v) is 5.04. The Hall–Kier alpha value is -1.88. The molecule has 1 heterocycles. The van der Waals surface area contributed by atoms with Gasteiger partial charge >= 0.3 is 0 Å². The Balaban J connectivity index is 1.79. The van der Waals surface area contributed by atoms with Crippen LogP contribution in [-0.4, -0.2) is 43.0 Å². The fourth-order valence-electron chi connectivity index (χ4n) is 3.26. The molecule has 0 unspecified atom stereocenters. The smallest absolute Gasteiger partial charge is 0.251 e. The van der Waals surface area contributed by atoms with E-state index in [1.165, 1.54) is 19.3 Å². The van der Waals surface area contributed by atoms with Gasteiger partial charge in [0.15, 0.2) is 6.10 Å². The third kappa shape index (κ3) is 3.24. The second-order valence-electron chi connectivity index (χ2n) is 6.58. The molecule has 1 N–H and O–H groups in total. The summed E-state index contributed by atoms with van der Waals surface area (Å²) in [5.74, 6) is 0.379. The van der Waals surface area contributed by atoms with E-state index in [4.69, 9.17) is 4.74 Å². The molecule has 1 aromatic carbocycles. The van der Waals surface area contributed by atoms with Gasteiger partial charge in [-0.15, -0.1) is 0 Å². The molecule has 23 heavy (non-hydrogen) atoms. The lowest BCUT2D eigenvalue weighted by Crippen LogP contribution is -2.53. The normalized spacial score (nSPS) is 25.1. The van der Waals surface area contributed by atoms with Crippen LogP contribution in [0.1, 0.15) is 36.4 Å². The van der Waals surface area contributed by atoms with Crippen LogP contribution >= 0.6 is 0 Å². The lowest BCUT2D eigenvalue weighted by atomic mass is 9.85. The van der Waals surface area contributed by atoms with Gasteiger partial charge in [0, 0.05) is 13.6 Å². The number of aryl methyl sites for hydroxylation is 1. The maximum Gasteiger partial charge on any atom is 0.251 e. The first-order valence-electron chi connectivity index (χ1n) is 8.28. The predicted molar refractivity (Wildman–Crippen MR) is 86.8 cm³/mol. The van der Waals surface area contributed by atoms with Gasteiger partial charge in [-0.1, -0.05) is 30.7 Å². The molecule has 5 heteroatoms. The number of hydrogen-bond donors (Lipinski definition) is 1. The summed E-state index contributed by atoms with van der Waals surface area (Å²) in [6.07, 6.45) is 2.97. The molecule has 1 aromatic rings. The molecule has 2 amide bonds. The second kappa shape index (κ2) is 6.71. The van der Waals surface area contributed by atoms with Gasteiger partial charge in [-0.25, -0.2) is 0 Å². The zero-order chi connectivity index (χ0) is 16.4. The Morgan fingerprint density at radius 3 is 2.74 bits per heavy atom. The minimum atomic E-state index is -0.654. The first-order valence-corrected chi connectivity index (χ1v) is 8.28. The van der Waals surface area contributed by atoms with E-state index < -0.39 is 6.10 Å². The number of carbonyl (C=O) groups excluding carboxylic acids is 2. The Labute approximate surface area is 137 Å². The molecule has 1 aliphatic heterocycles. The number of morpholine rings is 1. The van der Waals surface area contributed by atoms with Crippen LogP contribution in [0, 0.1) is 12.8 Å². The van der Waals surface area contributed by atoms with E-state index in [0.29, 0.717) is 12.5 Å². The van der Waals surface area contributed by atoms with Gasteiger partial charge in [-0.3, -0.25) is 9.59 Å². The number of benzene rings is 1. The molecule has 1 saturated heterocycles. The summed E-state index contributed by atoms with van der Waals surface area (Å²) in [6.45, 7) is 2.66. The van der Waals surface area contributed by atoms with Crippen molar-refractivity contribution in [2.45, 2.75) is 38.3 Å². The monoisotopic (exact) mass is 316 g/mol. The topological polar surface area (TPSA) is 58.6 Å². The van der Waals surface area contributed by atoms with E-state index in [-0.39, 0.29) is 24.5 Å². The largest absolute Gasteiger partial charge is 0.356 e. The summed E-state index contributed by atoms with van der Waals surface area (Å²) in [7, 11) is 1.74. The fourth-order valence-corrected chi connectivity index (χ4v) is 3.26. The molecule has 0 bridgehead atoms. The molecule has 0 spiro atoms. The zero-order valence-electron chi connectivity index (χ0n) is 13.7. The predicted octanol–water partition coefficient (Wildman–Crippen LogP) is 1.81. The Kier molecular flexibility index (Phi) is 4.66. The quantitative estimate of drug-likeness (QED) is 0.921. The highest BCUT2D eigenvalue weighted by Gasteiger charge is 2.40. The Morgan fingerprint density at radius 1 is 1.35 bits per heavy atom. The van der Waals surface area contributed by atoms with Crippen LogP contribution in [0.15, 0.2) is 24.3 Å². The van der Waals surface area contributed by atoms with Crippen molar-refractivity contribution in [1.29, 1.82) is 0 Å². The summed E-state index contributed by atoms with van der Waals surface area (Å²) in [5.41, 5.74) is 2.02. The Morgan fingerprint density at radius 2 is 2.09 bits per heavy atom. The molecule has 5 nitrogen and oxygen atoms in total. The fraction of sp³-hybridized carbons (Fsp3) is 0.556. The number of rotatable bonds is 4. The van der Waals surface area contributed by atoms with E-state index in [2.05, 4.69) is 5.32 Å². The third-order valence-electron chi connectivity index (χ3n) is 5.04. The summed E-state index contributed by atoms with van der Waals surface area (Å²) in [5, 5.41) is 3.01. The van der Waals surface area contributed by atoms with Gasteiger partial charge in [-0.05, 0) is 36.8 Å². The van der Waals surface area contributed by atoms with Gasteiger partial charge in [0.25, 0.3) is 5.91 Å². The van der Waals surface area contributed by atoms with Crippen LogP contribution in [-0.2, 0) is 14.3 Å². The van der Waals surface area contributed by atoms with Crippen molar-refractivity contribution in [2.75, 3.05) is 20.2 Å². The maximum absolute atomic E-state index is 12.6. The first kappa shape index (κ1) is 16.0.